The van der Waals surface area contributed by atoms with Crippen molar-refractivity contribution in [3.63, 3.8) is 0 Å². The zero-order valence-corrected chi connectivity index (χ0v) is 12.1. The van der Waals surface area contributed by atoms with Gasteiger partial charge < -0.3 is 10.1 Å². The molecule has 0 spiro atoms. The lowest BCUT2D eigenvalue weighted by Gasteiger charge is -2.26. The van der Waals surface area contributed by atoms with Gasteiger partial charge in [-0.05, 0) is 30.2 Å². The fraction of sp³-hybridized carbons (Fsp3) is 0.333. The van der Waals surface area contributed by atoms with E-state index in [4.69, 9.17) is 16.3 Å². The molecule has 2 nitrogen and oxygen atoms in total. The van der Waals surface area contributed by atoms with Crippen LogP contribution in [0.3, 0.4) is 0 Å². The second-order valence-corrected chi connectivity index (χ2v) is 6.51. The quantitative estimate of drug-likeness (QED) is 0.918. The van der Waals surface area contributed by atoms with Crippen molar-refractivity contribution >= 4 is 22.9 Å². The van der Waals surface area contributed by atoms with Crippen molar-refractivity contribution in [3.8, 4) is 5.75 Å². The molecule has 1 aromatic carbocycles. The third-order valence-corrected chi connectivity index (χ3v) is 4.63. The van der Waals surface area contributed by atoms with Crippen LogP contribution in [0.15, 0.2) is 36.4 Å². The summed E-state index contributed by atoms with van der Waals surface area (Å²) in [7, 11) is 0. The van der Waals surface area contributed by atoms with Crippen LogP contribution in [0.4, 0.5) is 0 Å². The van der Waals surface area contributed by atoms with Crippen molar-refractivity contribution in [2.75, 3.05) is 13.2 Å². The van der Waals surface area contributed by atoms with Gasteiger partial charge in [-0.3, -0.25) is 0 Å². The molecule has 2 heterocycles. The SMILES string of the molecule is Clc1ccc(CNCC2CCOc3ccccc32)s1. The van der Waals surface area contributed by atoms with E-state index in [-0.39, 0.29) is 0 Å². The Hall–Kier alpha value is -1.03. The Balaban J connectivity index is 1.59. The zero-order valence-electron chi connectivity index (χ0n) is 10.6. The van der Waals surface area contributed by atoms with Crippen LogP contribution in [0.5, 0.6) is 5.75 Å². The van der Waals surface area contributed by atoms with Gasteiger partial charge in [0.05, 0.1) is 10.9 Å². The minimum Gasteiger partial charge on any atom is -0.493 e. The number of fused-ring (bicyclic) bond motifs is 1. The van der Waals surface area contributed by atoms with E-state index in [2.05, 4.69) is 29.6 Å². The topological polar surface area (TPSA) is 21.3 Å². The molecule has 0 saturated carbocycles. The fourth-order valence-corrected chi connectivity index (χ4v) is 3.50. The van der Waals surface area contributed by atoms with Crippen LogP contribution in [0.2, 0.25) is 4.34 Å². The summed E-state index contributed by atoms with van der Waals surface area (Å²) in [5.41, 5.74) is 1.32. The van der Waals surface area contributed by atoms with Crippen LogP contribution in [-0.2, 0) is 6.54 Å². The molecule has 1 atom stereocenters. The molecule has 1 aromatic heterocycles. The summed E-state index contributed by atoms with van der Waals surface area (Å²) in [6, 6.07) is 12.4. The van der Waals surface area contributed by atoms with E-state index in [9.17, 15) is 0 Å². The van der Waals surface area contributed by atoms with Crippen LogP contribution < -0.4 is 10.1 Å². The number of thiophene rings is 1. The fourth-order valence-electron chi connectivity index (χ4n) is 2.44. The monoisotopic (exact) mass is 293 g/mol. The summed E-state index contributed by atoms with van der Waals surface area (Å²) >= 11 is 7.57. The van der Waals surface area contributed by atoms with E-state index < -0.39 is 0 Å². The molecule has 1 N–H and O–H groups in total. The number of nitrogens with one attached hydrogen (secondary N) is 1. The normalized spacial score (nSPS) is 17.8. The maximum Gasteiger partial charge on any atom is 0.122 e. The van der Waals surface area contributed by atoms with Crippen molar-refractivity contribution in [1.82, 2.24) is 5.32 Å². The number of benzene rings is 1. The van der Waals surface area contributed by atoms with Gasteiger partial charge in [-0.25, -0.2) is 0 Å². The predicted octanol–water partition coefficient (Wildman–Crippen LogP) is 4.06. The molecule has 0 aliphatic carbocycles. The Labute approximate surface area is 122 Å². The third kappa shape index (κ3) is 3.11. The van der Waals surface area contributed by atoms with Crippen LogP contribution in [0, 0.1) is 0 Å². The molecule has 1 unspecified atom stereocenters. The van der Waals surface area contributed by atoms with Crippen LogP contribution >= 0.6 is 22.9 Å². The minimum atomic E-state index is 0.542. The minimum absolute atomic E-state index is 0.542. The van der Waals surface area contributed by atoms with E-state index in [0.717, 1.165) is 36.2 Å². The summed E-state index contributed by atoms with van der Waals surface area (Å²) in [5, 5.41) is 3.52. The lowest BCUT2D eigenvalue weighted by molar-refractivity contribution is 0.264. The van der Waals surface area contributed by atoms with E-state index in [1.165, 1.54) is 10.4 Å². The van der Waals surface area contributed by atoms with Crippen molar-refractivity contribution < 1.29 is 4.74 Å². The van der Waals surface area contributed by atoms with Crippen molar-refractivity contribution in [3.05, 3.63) is 51.2 Å². The molecule has 0 fully saturated rings. The standard InChI is InChI=1S/C15H16ClNOS/c16-15-6-5-12(19-15)10-17-9-11-7-8-18-14-4-2-1-3-13(11)14/h1-6,11,17H,7-10H2. The van der Waals surface area contributed by atoms with Gasteiger partial charge in [0.25, 0.3) is 0 Å². The average molecular weight is 294 g/mol. The smallest absolute Gasteiger partial charge is 0.122 e. The van der Waals surface area contributed by atoms with Gasteiger partial charge >= 0.3 is 0 Å². The van der Waals surface area contributed by atoms with Gasteiger partial charge in [-0.2, -0.15) is 0 Å². The number of para-hydroxylation sites is 1. The lowest BCUT2D eigenvalue weighted by atomic mass is 9.93. The molecule has 0 amide bonds. The maximum absolute atomic E-state index is 5.93. The molecule has 0 saturated heterocycles. The summed E-state index contributed by atoms with van der Waals surface area (Å²) in [6.45, 7) is 2.68. The molecular formula is C15H16ClNOS. The van der Waals surface area contributed by atoms with Crippen molar-refractivity contribution in [2.45, 2.75) is 18.9 Å². The molecule has 2 aromatic rings. The molecule has 4 heteroatoms. The van der Waals surface area contributed by atoms with E-state index >= 15 is 0 Å². The highest BCUT2D eigenvalue weighted by Crippen LogP contribution is 2.32. The second kappa shape index (κ2) is 5.95. The highest BCUT2D eigenvalue weighted by Gasteiger charge is 2.20. The van der Waals surface area contributed by atoms with Gasteiger partial charge in [0, 0.05) is 23.9 Å². The molecule has 3 rings (SSSR count). The molecule has 1 aliphatic heterocycles. The second-order valence-electron chi connectivity index (χ2n) is 4.71. The first-order chi connectivity index (χ1) is 9.33. The number of rotatable bonds is 4. The van der Waals surface area contributed by atoms with Crippen LogP contribution in [0.25, 0.3) is 0 Å². The average Bonchev–Trinajstić information content (AvgIpc) is 2.85. The van der Waals surface area contributed by atoms with Crippen LogP contribution in [-0.4, -0.2) is 13.2 Å². The molecule has 0 radical (unpaired) electrons. The Bertz CT molecular complexity index is 555. The van der Waals surface area contributed by atoms with Gasteiger partial charge in [0.1, 0.15) is 5.75 Å². The highest BCUT2D eigenvalue weighted by molar-refractivity contribution is 7.16. The van der Waals surface area contributed by atoms with Gasteiger partial charge in [-0.1, -0.05) is 29.8 Å². The van der Waals surface area contributed by atoms with E-state index in [0.29, 0.717) is 5.92 Å². The first-order valence-corrected chi connectivity index (χ1v) is 7.69. The van der Waals surface area contributed by atoms with Gasteiger partial charge in [0.2, 0.25) is 0 Å². The number of hydrogen-bond donors (Lipinski definition) is 1. The summed E-state index contributed by atoms with van der Waals surface area (Å²) in [5.74, 6) is 1.58. The Morgan fingerprint density at radius 2 is 2.16 bits per heavy atom. The molecule has 19 heavy (non-hydrogen) atoms. The summed E-state index contributed by atoms with van der Waals surface area (Å²) in [6.07, 6.45) is 1.08. The van der Waals surface area contributed by atoms with Crippen molar-refractivity contribution in [1.29, 1.82) is 0 Å². The number of ether oxygens (including phenoxy) is 1. The molecule has 1 aliphatic rings. The largest absolute Gasteiger partial charge is 0.493 e. The number of hydrogen-bond acceptors (Lipinski definition) is 3. The van der Waals surface area contributed by atoms with E-state index in [1.807, 2.05) is 12.1 Å². The number of halogens is 1. The lowest BCUT2D eigenvalue weighted by Crippen LogP contribution is -2.25. The Morgan fingerprint density at radius 1 is 1.26 bits per heavy atom. The zero-order chi connectivity index (χ0) is 13.1. The maximum atomic E-state index is 5.93. The molecule has 0 bridgehead atoms. The Kier molecular flexibility index (Phi) is 4.06. The van der Waals surface area contributed by atoms with Crippen LogP contribution in [0.1, 0.15) is 22.8 Å². The first kappa shape index (κ1) is 13.0. The van der Waals surface area contributed by atoms with E-state index in [1.54, 1.807) is 11.3 Å². The summed E-state index contributed by atoms with van der Waals surface area (Å²) < 4.78 is 6.53. The van der Waals surface area contributed by atoms with Crippen molar-refractivity contribution in [2.24, 2.45) is 0 Å². The molecular weight excluding hydrogens is 278 g/mol. The Morgan fingerprint density at radius 3 is 3.00 bits per heavy atom. The predicted molar refractivity (Wildman–Crippen MR) is 80.3 cm³/mol. The van der Waals surface area contributed by atoms with Gasteiger partial charge in [-0.15, -0.1) is 11.3 Å². The summed E-state index contributed by atoms with van der Waals surface area (Å²) in [4.78, 5) is 1.28. The first-order valence-electron chi connectivity index (χ1n) is 6.49. The highest BCUT2D eigenvalue weighted by atomic mass is 35.5. The third-order valence-electron chi connectivity index (χ3n) is 3.40. The van der Waals surface area contributed by atoms with Gasteiger partial charge in [0.15, 0.2) is 0 Å². The molecule has 100 valence electrons.